The van der Waals surface area contributed by atoms with E-state index in [0.29, 0.717) is 6.61 Å². The van der Waals surface area contributed by atoms with Gasteiger partial charge in [-0.3, -0.25) is 4.79 Å². The molecular weight excluding hydrogens is 216 g/mol. The third-order valence-corrected chi connectivity index (χ3v) is 2.68. The second-order valence-electron chi connectivity index (χ2n) is 4.25. The lowest BCUT2D eigenvalue weighted by Gasteiger charge is -2.19. The molecular formula is C14H20O3. The number of esters is 1. The highest BCUT2D eigenvalue weighted by molar-refractivity contribution is 5.78. The molecule has 1 atom stereocenters. The molecule has 0 fully saturated rings. The van der Waals surface area contributed by atoms with Crippen LogP contribution in [0.25, 0.3) is 0 Å². The summed E-state index contributed by atoms with van der Waals surface area (Å²) in [5.74, 6) is 0.635. The summed E-state index contributed by atoms with van der Waals surface area (Å²) in [6, 6.07) is 7.56. The molecule has 0 radical (unpaired) electrons. The predicted octanol–water partition coefficient (Wildman–Crippen LogP) is 3.00. The van der Waals surface area contributed by atoms with Crippen molar-refractivity contribution in [3.63, 3.8) is 0 Å². The van der Waals surface area contributed by atoms with Crippen LogP contribution >= 0.6 is 0 Å². The highest BCUT2D eigenvalue weighted by Gasteiger charge is 2.25. The van der Waals surface area contributed by atoms with Crippen molar-refractivity contribution < 1.29 is 14.3 Å². The van der Waals surface area contributed by atoms with Crippen molar-refractivity contribution >= 4 is 5.97 Å². The van der Waals surface area contributed by atoms with Gasteiger partial charge in [-0.15, -0.1) is 0 Å². The number of hydrogen-bond acceptors (Lipinski definition) is 3. The van der Waals surface area contributed by atoms with Gasteiger partial charge in [-0.1, -0.05) is 26.0 Å². The van der Waals surface area contributed by atoms with Crippen LogP contribution in [0.1, 0.15) is 32.3 Å². The molecule has 0 aliphatic heterocycles. The number of methoxy groups -OCH3 is 1. The molecule has 0 saturated carbocycles. The second-order valence-corrected chi connectivity index (χ2v) is 4.25. The van der Waals surface area contributed by atoms with Crippen LogP contribution < -0.4 is 4.74 Å². The average molecular weight is 236 g/mol. The van der Waals surface area contributed by atoms with Gasteiger partial charge in [0.25, 0.3) is 0 Å². The van der Waals surface area contributed by atoms with E-state index in [-0.39, 0.29) is 17.8 Å². The molecule has 0 aromatic heterocycles. The summed E-state index contributed by atoms with van der Waals surface area (Å²) < 4.78 is 10.2. The molecule has 0 aliphatic rings. The number of rotatable bonds is 5. The van der Waals surface area contributed by atoms with Gasteiger partial charge in [0, 0.05) is 0 Å². The van der Waals surface area contributed by atoms with Crippen molar-refractivity contribution in [1.82, 2.24) is 0 Å². The van der Waals surface area contributed by atoms with E-state index >= 15 is 0 Å². The van der Waals surface area contributed by atoms with Gasteiger partial charge in [0.15, 0.2) is 0 Å². The van der Waals surface area contributed by atoms with Crippen molar-refractivity contribution in [3.8, 4) is 5.75 Å². The van der Waals surface area contributed by atoms with Crippen LogP contribution in [0, 0.1) is 5.92 Å². The minimum absolute atomic E-state index is 0.160. The van der Waals surface area contributed by atoms with E-state index in [2.05, 4.69) is 0 Å². The molecule has 0 saturated heterocycles. The zero-order chi connectivity index (χ0) is 12.8. The molecule has 0 heterocycles. The summed E-state index contributed by atoms with van der Waals surface area (Å²) in [6.07, 6.45) is 0. The van der Waals surface area contributed by atoms with Gasteiger partial charge in [0.05, 0.1) is 19.6 Å². The maximum atomic E-state index is 11.9. The third kappa shape index (κ3) is 3.48. The molecule has 17 heavy (non-hydrogen) atoms. The molecule has 0 aliphatic carbocycles. The van der Waals surface area contributed by atoms with Crippen LogP contribution in [0.5, 0.6) is 5.75 Å². The maximum Gasteiger partial charge on any atom is 0.313 e. The lowest BCUT2D eigenvalue weighted by molar-refractivity contribution is -0.146. The first-order valence-corrected chi connectivity index (χ1v) is 5.90. The van der Waals surface area contributed by atoms with Gasteiger partial charge in [0.1, 0.15) is 5.75 Å². The van der Waals surface area contributed by atoms with Gasteiger partial charge in [-0.2, -0.15) is 0 Å². The summed E-state index contributed by atoms with van der Waals surface area (Å²) in [5.41, 5.74) is 0.972. The van der Waals surface area contributed by atoms with Gasteiger partial charge >= 0.3 is 5.97 Å². The Hall–Kier alpha value is -1.51. The molecule has 0 bridgehead atoms. The molecule has 1 unspecified atom stereocenters. The highest BCUT2D eigenvalue weighted by Crippen LogP contribution is 2.27. The minimum atomic E-state index is -0.208. The van der Waals surface area contributed by atoms with Gasteiger partial charge < -0.3 is 9.47 Å². The Morgan fingerprint density at radius 2 is 1.82 bits per heavy atom. The Labute approximate surface area is 103 Å². The fraction of sp³-hybridized carbons (Fsp3) is 0.500. The van der Waals surface area contributed by atoms with Crippen molar-refractivity contribution in [1.29, 1.82) is 0 Å². The van der Waals surface area contributed by atoms with Gasteiger partial charge in [-0.05, 0) is 30.5 Å². The standard InChI is InChI=1S/C14H20O3/c1-5-17-14(15)13(10(2)3)11-6-8-12(16-4)9-7-11/h6-10,13H,5H2,1-4H3. The molecule has 1 aromatic rings. The van der Waals surface area contributed by atoms with Crippen LogP contribution in [0.4, 0.5) is 0 Å². The Balaban J connectivity index is 2.93. The summed E-state index contributed by atoms with van der Waals surface area (Å²) in [4.78, 5) is 11.9. The smallest absolute Gasteiger partial charge is 0.313 e. The Kier molecular flexibility index (Phi) is 5.01. The van der Waals surface area contributed by atoms with E-state index in [1.807, 2.05) is 45.0 Å². The molecule has 3 heteroatoms. The SMILES string of the molecule is CCOC(=O)C(c1ccc(OC)cc1)C(C)C. The minimum Gasteiger partial charge on any atom is -0.497 e. The van der Waals surface area contributed by atoms with Gasteiger partial charge in [-0.25, -0.2) is 0 Å². The summed E-state index contributed by atoms with van der Waals surface area (Å²) in [6.45, 7) is 6.28. The fourth-order valence-electron chi connectivity index (χ4n) is 1.84. The third-order valence-electron chi connectivity index (χ3n) is 2.68. The average Bonchev–Trinajstić information content (AvgIpc) is 2.30. The van der Waals surface area contributed by atoms with Crippen LogP contribution in [-0.2, 0) is 9.53 Å². The van der Waals surface area contributed by atoms with Crippen LogP contribution in [0.15, 0.2) is 24.3 Å². The number of benzene rings is 1. The van der Waals surface area contributed by atoms with E-state index < -0.39 is 0 Å². The number of hydrogen-bond donors (Lipinski definition) is 0. The van der Waals surface area contributed by atoms with Crippen molar-refractivity contribution in [2.24, 2.45) is 5.92 Å². The summed E-state index contributed by atoms with van der Waals surface area (Å²) >= 11 is 0. The first-order valence-electron chi connectivity index (χ1n) is 5.90. The molecule has 3 nitrogen and oxygen atoms in total. The van der Waals surface area contributed by atoms with Crippen LogP contribution in [0.2, 0.25) is 0 Å². The predicted molar refractivity (Wildman–Crippen MR) is 67.2 cm³/mol. The molecule has 0 spiro atoms. The number of ether oxygens (including phenoxy) is 2. The van der Waals surface area contributed by atoms with E-state index in [4.69, 9.17) is 9.47 Å². The summed E-state index contributed by atoms with van der Waals surface area (Å²) in [7, 11) is 1.63. The summed E-state index contributed by atoms with van der Waals surface area (Å²) in [5, 5.41) is 0. The lowest BCUT2D eigenvalue weighted by atomic mass is 9.88. The van der Waals surface area contributed by atoms with Crippen LogP contribution in [-0.4, -0.2) is 19.7 Å². The second kappa shape index (κ2) is 6.28. The Morgan fingerprint density at radius 1 is 1.24 bits per heavy atom. The molecule has 0 N–H and O–H groups in total. The first kappa shape index (κ1) is 13.6. The fourth-order valence-corrected chi connectivity index (χ4v) is 1.84. The van der Waals surface area contributed by atoms with E-state index in [1.54, 1.807) is 7.11 Å². The maximum absolute atomic E-state index is 11.9. The Bertz CT molecular complexity index is 354. The zero-order valence-corrected chi connectivity index (χ0v) is 10.9. The zero-order valence-electron chi connectivity index (χ0n) is 10.9. The van der Waals surface area contributed by atoms with Crippen LogP contribution in [0.3, 0.4) is 0 Å². The van der Waals surface area contributed by atoms with E-state index in [9.17, 15) is 4.79 Å². The number of carbonyl (C=O) groups excluding carboxylic acids is 1. The van der Waals surface area contributed by atoms with E-state index in [1.165, 1.54) is 0 Å². The monoisotopic (exact) mass is 236 g/mol. The topological polar surface area (TPSA) is 35.5 Å². The molecule has 0 amide bonds. The molecule has 94 valence electrons. The largest absolute Gasteiger partial charge is 0.497 e. The normalized spacial score (nSPS) is 12.3. The van der Waals surface area contributed by atoms with Crippen molar-refractivity contribution in [2.45, 2.75) is 26.7 Å². The molecule has 1 rings (SSSR count). The van der Waals surface area contributed by atoms with E-state index in [0.717, 1.165) is 11.3 Å². The number of carbonyl (C=O) groups is 1. The first-order chi connectivity index (χ1) is 8.10. The highest BCUT2D eigenvalue weighted by atomic mass is 16.5. The van der Waals surface area contributed by atoms with Crippen molar-refractivity contribution in [3.05, 3.63) is 29.8 Å². The van der Waals surface area contributed by atoms with Gasteiger partial charge in [0.2, 0.25) is 0 Å². The lowest BCUT2D eigenvalue weighted by Crippen LogP contribution is -2.20. The Morgan fingerprint density at radius 3 is 2.24 bits per heavy atom. The van der Waals surface area contributed by atoms with Crippen molar-refractivity contribution in [2.75, 3.05) is 13.7 Å². The molecule has 1 aromatic carbocycles. The quantitative estimate of drug-likeness (QED) is 0.737.